The van der Waals surface area contributed by atoms with Gasteiger partial charge >= 0.3 is 18.9 Å². The number of rotatable bonds is 5. The first-order valence-electron chi connectivity index (χ1n) is 14.1. The van der Waals surface area contributed by atoms with E-state index in [1.165, 1.54) is 53.0 Å². The monoisotopic (exact) mass is 546 g/mol. The van der Waals surface area contributed by atoms with Crippen LogP contribution in [0.4, 0.5) is 11.4 Å². The summed E-state index contributed by atoms with van der Waals surface area (Å²) in [6.45, 7) is 7.05. The van der Waals surface area contributed by atoms with Crippen molar-refractivity contribution >= 4 is 46.5 Å². The van der Waals surface area contributed by atoms with Gasteiger partial charge in [-0.2, -0.15) is 0 Å². The van der Waals surface area contributed by atoms with E-state index >= 15 is 0 Å². The summed E-state index contributed by atoms with van der Waals surface area (Å²) in [6, 6.07) is 23.6. The van der Waals surface area contributed by atoms with E-state index in [2.05, 4.69) is 98.1 Å². The first-order chi connectivity index (χ1) is 19.7. The minimum atomic E-state index is -1.37. The third kappa shape index (κ3) is 3.93. The van der Waals surface area contributed by atoms with Crippen LogP contribution in [0.3, 0.4) is 0 Å². The van der Waals surface area contributed by atoms with Gasteiger partial charge in [0.2, 0.25) is 0 Å². The van der Waals surface area contributed by atoms with Gasteiger partial charge in [-0.25, -0.2) is 0 Å². The van der Waals surface area contributed by atoms with Gasteiger partial charge < -0.3 is 19.1 Å². The van der Waals surface area contributed by atoms with E-state index in [4.69, 9.17) is 9.47 Å². The molecule has 7 heteroatoms. The number of carbonyl (C=O) groups is 2. The molecule has 4 aromatic carbocycles. The topological polar surface area (TPSA) is 59.1 Å². The largest absolute Gasteiger partial charge is 0.468 e. The van der Waals surface area contributed by atoms with Crippen molar-refractivity contribution in [3.8, 4) is 0 Å². The molecule has 208 valence electrons. The third-order valence-electron chi connectivity index (χ3n) is 9.42. The highest BCUT2D eigenvalue weighted by atomic mass is 16.5. The van der Waals surface area contributed by atoms with E-state index in [1.807, 2.05) is 6.07 Å². The molecule has 0 saturated carbocycles. The number of carbonyl (C=O) groups excluding carboxylic acids is 2. The molecule has 0 bridgehead atoms. The molecule has 0 fully saturated rings. The molecule has 4 aromatic rings. The van der Waals surface area contributed by atoms with E-state index in [0.29, 0.717) is 0 Å². The van der Waals surface area contributed by atoms with Crippen LogP contribution < -0.4 is 15.1 Å². The number of esters is 2. The van der Waals surface area contributed by atoms with Gasteiger partial charge in [-0.3, -0.25) is 9.59 Å². The highest BCUT2D eigenvalue weighted by Gasteiger charge is 2.54. The van der Waals surface area contributed by atoms with Crippen LogP contribution in [0.2, 0.25) is 0 Å². The zero-order chi connectivity index (χ0) is 29.1. The standard InChI is InChI=1S/C34H35BN2O4/c1-21-22(2)31(23(3)27-19-34(18-26(21)27,32(38)40-5)33(39)41-6)35-36(4)28-16-10-14-25-15-11-17-29(30(25)28)37(35)20-24-12-8-7-9-13-24/h7-17H,18-20H2,1-6H3. The van der Waals surface area contributed by atoms with Crippen LogP contribution >= 0.6 is 0 Å². The van der Waals surface area contributed by atoms with Crippen LogP contribution in [0.15, 0.2) is 66.7 Å². The quantitative estimate of drug-likeness (QED) is 0.199. The average Bonchev–Trinajstić information content (AvgIpc) is 3.42. The van der Waals surface area contributed by atoms with Gasteiger partial charge in [-0.1, -0.05) is 54.6 Å². The number of ether oxygens (including phenoxy) is 2. The van der Waals surface area contributed by atoms with E-state index in [-0.39, 0.29) is 19.8 Å². The summed E-state index contributed by atoms with van der Waals surface area (Å²) >= 11 is 0. The molecule has 0 unspecified atom stereocenters. The highest BCUT2D eigenvalue weighted by Crippen LogP contribution is 2.45. The zero-order valence-electron chi connectivity index (χ0n) is 24.6. The number of hydrogen-bond donors (Lipinski definition) is 0. The molecule has 41 heavy (non-hydrogen) atoms. The van der Waals surface area contributed by atoms with E-state index in [0.717, 1.165) is 28.8 Å². The Morgan fingerprint density at radius 3 is 1.98 bits per heavy atom. The highest BCUT2D eigenvalue weighted by molar-refractivity contribution is 6.82. The van der Waals surface area contributed by atoms with Crippen molar-refractivity contribution in [2.75, 3.05) is 30.9 Å². The maximum atomic E-state index is 13.1. The lowest BCUT2D eigenvalue weighted by molar-refractivity contribution is -0.168. The van der Waals surface area contributed by atoms with Crippen LogP contribution in [0.5, 0.6) is 0 Å². The number of benzene rings is 4. The van der Waals surface area contributed by atoms with E-state index in [9.17, 15) is 9.59 Å². The van der Waals surface area contributed by atoms with E-state index < -0.39 is 17.4 Å². The van der Waals surface area contributed by atoms with Crippen LogP contribution in [0.1, 0.15) is 33.4 Å². The van der Waals surface area contributed by atoms with Crippen LogP contribution in [0, 0.1) is 26.2 Å². The summed E-state index contributed by atoms with van der Waals surface area (Å²) in [5.41, 5.74) is 8.94. The average molecular weight is 546 g/mol. The zero-order valence-corrected chi connectivity index (χ0v) is 24.6. The second-order valence-corrected chi connectivity index (χ2v) is 11.4. The Hall–Kier alpha value is -4.26. The van der Waals surface area contributed by atoms with Gasteiger partial charge in [-0.15, -0.1) is 0 Å². The van der Waals surface area contributed by atoms with Gasteiger partial charge in [0.1, 0.15) is 0 Å². The van der Waals surface area contributed by atoms with Crippen molar-refractivity contribution in [1.82, 2.24) is 0 Å². The summed E-state index contributed by atoms with van der Waals surface area (Å²) in [7, 11) is 4.84. The molecule has 0 aromatic heterocycles. The Morgan fingerprint density at radius 2 is 1.37 bits per heavy atom. The van der Waals surface area contributed by atoms with Gasteiger partial charge in [-0.05, 0) is 84.2 Å². The fourth-order valence-corrected chi connectivity index (χ4v) is 7.23. The number of methoxy groups -OCH3 is 2. The van der Waals surface area contributed by atoms with Crippen molar-refractivity contribution in [2.24, 2.45) is 5.41 Å². The normalized spacial score (nSPS) is 15.2. The fourth-order valence-electron chi connectivity index (χ4n) is 7.23. The molecule has 0 radical (unpaired) electrons. The summed E-state index contributed by atoms with van der Waals surface area (Å²) in [5.74, 6) is -1.08. The molecule has 1 aliphatic heterocycles. The summed E-state index contributed by atoms with van der Waals surface area (Å²) < 4.78 is 10.3. The molecule has 6 rings (SSSR count). The van der Waals surface area contributed by atoms with Crippen molar-refractivity contribution in [1.29, 1.82) is 0 Å². The molecule has 1 heterocycles. The molecule has 1 aliphatic carbocycles. The van der Waals surface area contributed by atoms with Crippen LogP contribution in [0.25, 0.3) is 10.8 Å². The molecular formula is C34H35BN2O4. The van der Waals surface area contributed by atoms with Gasteiger partial charge in [0.25, 0.3) is 0 Å². The van der Waals surface area contributed by atoms with Crippen LogP contribution in [-0.4, -0.2) is 40.2 Å². The van der Waals surface area contributed by atoms with Crippen molar-refractivity contribution in [3.63, 3.8) is 0 Å². The summed E-state index contributed by atoms with van der Waals surface area (Å²) in [5, 5.41) is 2.45. The smallest absolute Gasteiger partial charge is 0.411 e. The molecule has 6 nitrogen and oxygen atoms in total. The molecule has 0 N–H and O–H groups in total. The number of fused-ring (bicyclic) bond motifs is 1. The lowest BCUT2D eigenvalue weighted by Gasteiger charge is -2.44. The molecule has 2 aliphatic rings. The minimum absolute atomic E-state index is 0.106. The third-order valence-corrected chi connectivity index (χ3v) is 9.42. The molecule has 0 amide bonds. The summed E-state index contributed by atoms with van der Waals surface area (Å²) in [4.78, 5) is 31.1. The lowest BCUT2D eigenvalue weighted by Crippen LogP contribution is -2.62. The Balaban J connectivity index is 1.57. The SMILES string of the molecule is COC(=O)C1(C(=O)OC)Cc2c(C)c(C)c(B3N(C)c4cccc5cccc(c45)N3Cc3ccccc3)c(C)c2C1. The minimum Gasteiger partial charge on any atom is -0.468 e. The predicted molar refractivity (Wildman–Crippen MR) is 165 cm³/mol. The lowest BCUT2D eigenvalue weighted by atomic mass is 9.57. The fraction of sp³-hybridized carbons (Fsp3) is 0.294. The van der Waals surface area contributed by atoms with Crippen molar-refractivity contribution < 1.29 is 19.1 Å². The summed E-state index contributed by atoms with van der Waals surface area (Å²) in [6.07, 6.45) is 0.550. The Labute approximate surface area is 242 Å². The Bertz CT molecular complexity index is 1680. The Kier molecular flexibility index (Phi) is 6.56. The molecule has 0 spiro atoms. The second kappa shape index (κ2) is 9.98. The predicted octanol–water partition coefficient (Wildman–Crippen LogP) is 5.05. The van der Waals surface area contributed by atoms with Crippen molar-refractivity contribution in [3.05, 3.63) is 100 Å². The first kappa shape index (κ1) is 26.9. The van der Waals surface area contributed by atoms with Crippen LogP contribution in [-0.2, 0) is 38.4 Å². The van der Waals surface area contributed by atoms with Gasteiger partial charge in [0.15, 0.2) is 5.41 Å². The molecule has 0 atom stereocenters. The number of hydrogen-bond acceptors (Lipinski definition) is 6. The maximum absolute atomic E-state index is 13.1. The Morgan fingerprint density at radius 1 is 0.780 bits per heavy atom. The maximum Gasteiger partial charge on any atom is 0.411 e. The van der Waals surface area contributed by atoms with Gasteiger partial charge in [0, 0.05) is 36.1 Å². The first-order valence-corrected chi connectivity index (χ1v) is 14.1. The van der Waals surface area contributed by atoms with Gasteiger partial charge in [0.05, 0.1) is 14.2 Å². The second-order valence-electron chi connectivity index (χ2n) is 11.4. The molecule has 0 saturated heterocycles. The van der Waals surface area contributed by atoms with E-state index in [1.54, 1.807) is 0 Å². The number of anilines is 2. The number of nitrogens with zero attached hydrogens (tertiary/aromatic N) is 2. The molecular weight excluding hydrogens is 511 g/mol. The van der Waals surface area contributed by atoms with Crippen molar-refractivity contribution in [2.45, 2.75) is 40.2 Å².